The van der Waals surface area contributed by atoms with Crippen molar-refractivity contribution in [2.24, 2.45) is 12.8 Å². The SMILES string of the molecule is CCCc1nc(C)c(CCN)n1C. The molecule has 0 aromatic carbocycles. The summed E-state index contributed by atoms with van der Waals surface area (Å²) in [6.07, 6.45) is 3.13. The minimum absolute atomic E-state index is 0.700. The van der Waals surface area contributed by atoms with Gasteiger partial charge in [0.15, 0.2) is 0 Å². The Morgan fingerprint density at radius 2 is 2.08 bits per heavy atom. The molecule has 1 heterocycles. The van der Waals surface area contributed by atoms with Crippen LogP contribution in [0.4, 0.5) is 0 Å². The van der Waals surface area contributed by atoms with E-state index in [9.17, 15) is 0 Å². The van der Waals surface area contributed by atoms with Crippen LogP contribution in [-0.4, -0.2) is 16.1 Å². The lowest BCUT2D eigenvalue weighted by atomic mass is 10.2. The molecule has 0 unspecified atom stereocenters. The average molecular weight is 181 g/mol. The van der Waals surface area contributed by atoms with Crippen LogP contribution in [0.15, 0.2) is 0 Å². The Bertz CT molecular complexity index is 276. The number of aromatic nitrogens is 2. The Morgan fingerprint density at radius 1 is 1.38 bits per heavy atom. The fourth-order valence-corrected chi connectivity index (χ4v) is 1.66. The summed E-state index contributed by atoms with van der Waals surface area (Å²) in [4.78, 5) is 4.53. The third-order valence-corrected chi connectivity index (χ3v) is 2.36. The summed E-state index contributed by atoms with van der Waals surface area (Å²) in [6, 6.07) is 0. The Labute approximate surface area is 80.0 Å². The summed E-state index contributed by atoms with van der Waals surface area (Å²) in [7, 11) is 2.08. The zero-order valence-electron chi connectivity index (χ0n) is 8.80. The van der Waals surface area contributed by atoms with Gasteiger partial charge in [-0.25, -0.2) is 4.98 Å². The van der Waals surface area contributed by atoms with Gasteiger partial charge in [-0.1, -0.05) is 6.92 Å². The van der Waals surface area contributed by atoms with Crippen LogP contribution < -0.4 is 5.73 Å². The van der Waals surface area contributed by atoms with Crippen molar-refractivity contribution in [2.75, 3.05) is 6.54 Å². The van der Waals surface area contributed by atoms with Crippen molar-refractivity contribution in [2.45, 2.75) is 33.1 Å². The Hall–Kier alpha value is -0.830. The van der Waals surface area contributed by atoms with Crippen molar-refractivity contribution < 1.29 is 0 Å². The fourth-order valence-electron chi connectivity index (χ4n) is 1.66. The van der Waals surface area contributed by atoms with Gasteiger partial charge >= 0.3 is 0 Å². The third kappa shape index (κ3) is 2.10. The summed E-state index contributed by atoms with van der Waals surface area (Å²) in [5.41, 5.74) is 7.96. The van der Waals surface area contributed by atoms with E-state index in [1.807, 2.05) is 0 Å². The summed E-state index contributed by atoms with van der Waals surface area (Å²) >= 11 is 0. The molecule has 0 spiro atoms. The molecule has 0 aliphatic carbocycles. The van der Waals surface area contributed by atoms with E-state index in [0.29, 0.717) is 6.54 Å². The van der Waals surface area contributed by atoms with Gasteiger partial charge in [0.2, 0.25) is 0 Å². The van der Waals surface area contributed by atoms with E-state index in [2.05, 4.69) is 30.4 Å². The topological polar surface area (TPSA) is 43.8 Å². The first-order valence-corrected chi connectivity index (χ1v) is 4.91. The largest absolute Gasteiger partial charge is 0.335 e. The predicted octanol–water partition coefficient (Wildman–Crippen LogP) is 1.18. The molecule has 3 heteroatoms. The van der Waals surface area contributed by atoms with E-state index in [0.717, 1.165) is 25.0 Å². The number of imidazole rings is 1. The molecular formula is C10H19N3. The van der Waals surface area contributed by atoms with Crippen molar-refractivity contribution in [3.63, 3.8) is 0 Å². The quantitative estimate of drug-likeness (QED) is 0.758. The van der Waals surface area contributed by atoms with Gasteiger partial charge in [-0.05, 0) is 19.9 Å². The zero-order chi connectivity index (χ0) is 9.84. The minimum atomic E-state index is 0.700. The predicted molar refractivity (Wildman–Crippen MR) is 54.7 cm³/mol. The third-order valence-electron chi connectivity index (χ3n) is 2.36. The second-order valence-electron chi connectivity index (χ2n) is 3.41. The standard InChI is InChI=1S/C10H19N3/c1-4-5-10-12-8(2)9(6-7-11)13(10)3/h4-7,11H2,1-3H3. The van der Waals surface area contributed by atoms with Gasteiger partial charge in [0, 0.05) is 25.6 Å². The van der Waals surface area contributed by atoms with Crippen molar-refractivity contribution in [1.82, 2.24) is 9.55 Å². The Morgan fingerprint density at radius 3 is 2.62 bits per heavy atom. The summed E-state index contributed by atoms with van der Waals surface area (Å²) in [5, 5.41) is 0. The van der Waals surface area contributed by atoms with E-state index in [1.165, 1.54) is 11.5 Å². The molecule has 2 N–H and O–H groups in total. The number of nitrogens with zero attached hydrogens (tertiary/aromatic N) is 2. The number of aryl methyl sites for hydroxylation is 2. The molecule has 3 nitrogen and oxygen atoms in total. The molecule has 0 radical (unpaired) electrons. The number of rotatable bonds is 4. The van der Waals surface area contributed by atoms with Crippen molar-refractivity contribution >= 4 is 0 Å². The molecule has 13 heavy (non-hydrogen) atoms. The van der Waals surface area contributed by atoms with Crippen LogP contribution in [0.3, 0.4) is 0 Å². The molecule has 0 saturated carbocycles. The molecule has 1 rings (SSSR count). The normalized spacial score (nSPS) is 10.8. The van der Waals surface area contributed by atoms with E-state index in [-0.39, 0.29) is 0 Å². The lowest BCUT2D eigenvalue weighted by Crippen LogP contribution is -2.09. The lowest BCUT2D eigenvalue weighted by molar-refractivity contribution is 0.722. The van der Waals surface area contributed by atoms with E-state index >= 15 is 0 Å². The van der Waals surface area contributed by atoms with E-state index < -0.39 is 0 Å². The van der Waals surface area contributed by atoms with Crippen LogP contribution in [0.5, 0.6) is 0 Å². The Kier molecular flexibility index (Phi) is 3.48. The van der Waals surface area contributed by atoms with Crippen molar-refractivity contribution in [1.29, 1.82) is 0 Å². The van der Waals surface area contributed by atoms with Crippen LogP contribution in [0.25, 0.3) is 0 Å². The second kappa shape index (κ2) is 4.42. The smallest absolute Gasteiger partial charge is 0.108 e. The van der Waals surface area contributed by atoms with Crippen LogP contribution in [0.2, 0.25) is 0 Å². The number of nitrogens with two attached hydrogens (primary N) is 1. The monoisotopic (exact) mass is 181 g/mol. The fraction of sp³-hybridized carbons (Fsp3) is 0.700. The van der Waals surface area contributed by atoms with Gasteiger partial charge < -0.3 is 10.3 Å². The maximum atomic E-state index is 5.54. The molecule has 0 aliphatic rings. The maximum Gasteiger partial charge on any atom is 0.108 e. The highest BCUT2D eigenvalue weighted by Gasteiger charge is 2.09. The van der Waals surface area contributed by atoms with E-state index in [1.54, 1.807) is 0 Å². The Balaban J connectivity index is 2.92. The molecular weight excluding hydrogens is 162 g/mol. The molecule has 0 aliphatic heterocycles. The van der Waals surface area contributed by atoms with Gasteiger partial charge in [-0.15, -0.1) is 0 Å². The van der Waals surface area contributed by atoms with Gasteiger partial charge in [-0.3, -0.25) is 0 Å². The molecule has 0 saturated heterocycles. The van der Waals surface area contributed by atoms with Gasteiger partial charge in [0.25, 0.3) is 0 Å². The first kappa shape index (κ1) is 10.3. The number of hydrogen-bond donors (Lipinski definition) is 1. The first-order chi connectivity index (χ1) is 6.20. The molecule has 0 fully saturated rings. The van der Waals surface area contributed by atoms with Crippen LogP contribution in [-0.2, 0) is 19.9 Å². The molecule has 0 atom stereocenters. The molecule has 0 amide bonds. The molecule has 0 bridgehead atoms. The van der Waals surface area contributed by atoms with Crippen LogP contribution >= 0.6 is 0 Å². The van der Waals surface area contributed by atoms with Crippen LogP contribution in [0.1, 0.15) is 30.6 Å². The van der Waals surface area contributed by atoms with Gasteiger partial charge in [0.05, 0.1) is 5.69 Å². The first-order valence-electron chi connectivity index (χ1n) is 4.91. The van der Waals surface area contributed by atoms with Crippen molar-refractivity contribution in [3.05, 3.63) is 17.2 Å². The summed E-state index contributed by atoms with van der Waals surface area (Å²) in [5.74, 6) is 1.18. The van der Waals surface area contributed by atoms with Crippen molar-refractivity contribution in [3.8, 4) is 0 Å². The summed E-state index contributed by atoms with van der Waals surface area (Å²) < 4.78 is 2.19. The summed E-state index contributed by atoms with van der Waals surface area (Å²) in [6.45, 7) is 4.93. The highest BCUT2D eigenvalue weighted by Crippen LogP contribution is 2.11. The van der Waals surface area contributed by atoms with Gasteiger partial charge in [0.1, 0.15) is 5.82 Å². The minimum Gasteiger partial charge on any atom is -0.335 e. The average Bonchev–Trinajstić information content (AvgIpc) is 2.34. The lowest BCUT2D eigenvalue weighted by Gasteiger charge is -2.03. The zero-order valence-corrected chi connectivity index (χ0v) is 8.80. The van der Waals surface area contributed by atoms with Gasteiger partial charge in [-0.2, -0.15) is 0 Å². The molecule has 74 valence electrons. The van der Waals surface area contributed by atoms with E-state index in [4.69, 9.17) is 5.73 Å². The maximum absolute atomic E-state index is 5.54. The second-order valence-corrected chi connectivity index (χ2v) is 3.41. The number of hydrogen-bond acceptors (Lipinski definition) is 2. The van der Waals surface area contributed by atoms with Crippen LogP contribution in [0, 0.1) is 6.92 Å². The molecule has 1 aromatic heterocycles. The molecule has 1 aromatic rings. The highest BCUT2D eigenvalue weighted by molar-refractivity contribution is 5.16. The highest BCUT2D eigenvalue weighted by atomic mass is 15.1.